The maximum absolute atomic E-state index is 11.9. The summed E-state index contributed by atoms with van der Waals surface area (Å²) < 4.78 is 14.8. The zero-order chi connectivity index (χ0) is 36.5. The SMILES string of the molecule is COC(=O)N1CCCC2CCCCC21.COC(=O)N1CCC[C@@H]2[C@@H](N3CCCC3)CCC[C@@H]21.COC(=O)N1CCC[C@H]2[C@H](N3CCCC3)CCC[C@H]21. The van der Waals surface area contributed by atoms with E-state index in [-0.39, 0.29) is 18.3 Å². The summed E-state index contributed by atoms with van der Waals surface area (Å²) in [7, 11) is 4.49. The number of carbonyl (C=O) groups excluding carboxylic acids is 3. The predicted octanol–water partition coefficient (Wildman–Crippen LogP) is 7.37. The smallest absolute Gasteiger partial charge is 0.409 e. The van der Waals surface area contributed by atoms with Crippen molar-refractivity contribution >= 4 is 18.3 Å². The maximum Gasteiger partial charge on any atom is 0.409 e. The second kappa shape index (κ2) is 19.4. The van der Waals surface area contributed by atoms with Crippen LogP contribution >= 0.6 is 0 Å². The zero-order valence-corrected chi connectivity index (χ0v) is 32.9. The van der Waals surface area contributed by atoms with E-state index in [1.807, 2.05) is 14.7 Å². The molecule has 0 N–H and O–H groups in total. The van der Waals surface area contributed by atoms with Crippen molar-refractivity contribution in [2.75, 3.05) is 67.1 Å². The van der Waals surface area contributed by atoms with Crippen molar-refractivity contribution in [1.82, 2.24) is 24.5 Å². The highest BCUT2D eigenvalue weighted by Gasteiger charge is 2.45. The Kier molecular flexibility index (Phi) is 14.7. The number of fused-ring (bicyclic) bond motifs is 3. The first-order chi connectivity index (χ1) is 25.4. The summed E-state index contributed by atoms with van der Waals surface area (Å²) in [6.45, 7) is 7.76. The van der Waals surface area contributed by atoms with E-state index in [2.05, 4.69) is 9.80 Å². The van der Waals surface area contributed by atoms with Gasteiger partial charge in [0.15, 0.2) is 0 Å². The minimum atomic E-state index is -0.124. The van der Waals surface area contributed by atoms with Crippen LogP contribution in [0, 0.1) is 17.8 Å². The molecule has 0 radical (unpaired) electrons. The van der Waals surface area contributed by atoms with Crippen LogP contribution in [0.4, 0.5) is 14.4 Å². The maximum atomic E-state index is 11.9. The molecule has 0 aromatic rings. The average molecular weight is 730 g/mol. The zero-order valence-electron chi connectivity index (χ0n) is 32.9. The second-order valence-electron chi connectivity index (χ2n) is 17.0. The third-order valence-electron chi connectivity index (χ3n) is 14.3. The van der Waals surface area contributed by atoms with Gasteiger partial charge in [0, 0.05) is 49.8 Å². The summed E-state index contributed by atoms with van der Waals surface area (Å²) in [6.07, 6.45) is 25.0. The molecule has 8 fully saturated rings. The average Bonchev–Trinajstić information content (AvgIpc) is 3.95. The van der Waals surface area contributed by atoms with Gasteiger partial charge in [-0.3, -0.25) is 0 Å². The van der Waals surface area contributed by atoms with E-state index in [0.29, 0.717) is 42.0 Å². The van der Waals surface area contributed by atoms with Crippen molar-refractivity contribution in [1.29, 1.82) is 0 Å². The number of methoxy groups -OCH3 is 3. The Balaban J connectivity index is 0.000000136. The van der Waals surface area contributed by atoms with Crippen LogP contribution in [-0.2, 0) is 14.2 Å². The first-order valence-corrected chi connectivity index (χ1v) is 21.5. The Morgan fingerprint density at radius 2 is 0.712 bits per heavy atom. The summed E-state index contributed by atoms with van der Waals surface area (Å²) in [5.41, 5.74) is 0. The summed E-state index contributed by atoms with van der Waals surface area (Å²) in [4.78, 5) is 46.8. The lowest BCUT2D eigenvalue weighted by atomic mass is 9.74. The van der Waals surface area contributed by atoms with Gasteiger partial charge in [-0.25, -0.2) is 14.4 Å². The van der Waals surface area contributed by atoms with Gasteiger partial charge in [-0.15, -0.1) is 0 Å². The van der Waals surface area contributed by atoms with Gasteiger partial charge in [0.05, 0.1) is 21.3 Å². The molecule has 3 saturated carbocycles. The van der Waals surface area contributed by atoms with Gasteiger partial charge < -0.3 is 38.7 Å². The van der Waals surface area contributed by atoms with Gasteiger partial charge in [0.2, 0.25) is 0 Å². The Morgan fingerprint density at radius 1 is 0.365 bits per heavy atom. The Bertz CT molecular complexity index is 1080. The van der Waals surface area contributed by atoms with E-state index >= 15 is 0 Å². The Hall–Kier alpha value is -2.27. The molecule has 5 saturated heterocycles. The molecule has 296 valence electrons. The molecule has 8 aliphatic rings. The fourth-order valence-electron chi connectivity index (χ4n) is 12.0. The summed E-state index contributed by atoms with van der Waals surface area (Å²) in [6, 6.07) is 2.77. The first-order valence-electron chi connectivity index (χ1n) is 21.5. The predicted molar refractivity (Wildman–Crippen MR) is 202 cm³/mol. The van der Waals surface area contributed by atoms with Crippen molar-refractivity contribution < 1.29 is 28.6 Å². The quantitative estimate of drug-likeness (QED) is 0.272. The Morgan fingerprint density at radius 3 is 1.15 bits per heavy atom. The van der Waals surface area contributed by atoms with E-state index in [1.165, 1.54) is 157 Å². The third kappa shape index (κ3) is 9.15. The highest BCUT2D eigenvalue weighted by molar-refractivity contribution is 5.69. The Labute approximate surface area is 314 Å². The third-order valence-corrected chi connectivity index (χ3v) is 14.3. The molecule has 11 heteroatoms. The van der Waals surface area contributed by atoms with Gasteiger partial charge in [-0.05, 0) is 160 Å². The second-order valence-corrected chi connectivity index (χ2v) is 17.0. The largest absolute Gasteiger partial charge is 0.453 e. The topological polar surface area (TPSA) is 95.1 Å². The molecular weight excluding hydrogens is 658 g/mol. The van der Waals surface area contributed by atoms with Crippen molar-refractivity contribution in [3.8, 4) is 0 Å². The molecule has 0 spiro atoms. The molecule has 5 aliphatic heterocycles. The fraction of sp³-hybridized carbons (Fsp3) is 0.927. The molecule has 8 atom stereocenters. The number of hydrogen-bond acceptors (Lipinski definition) is 8. The number of nitrogens with zero attached hydrogens (tertiary/aromatic N) is 5. The molecule has 52 heavy (non-hydrogen) atoms. The van der Waals surface area contributed by atoms with Gasteiger partial charge in [0.25, 0.3) is 0 Å². The van der Waals surface area contributed by atoms with Gasteiger partial charge >= 0.3 is 18.3 Å². The van der Waals surface area contributed by atoms with Crippen molar-refractivity contribution in [3.05, 3.63) is 0 Å². The van der Waals surface area contributed by atoms with Crippen LogP contribution in [0.25, 0.3) is 0 Å². The number of rotatable bonds is 2. The monoisotopic (exact) mass is 730 g/mol. The van der Waals surface area contributed by atoms with Crippen LogP contribution < -0.4 is 0 Å². The van der Waals surface area contributed by atoms with Crippen molar-refractivity contribution in [2.24, 2.45) is 17.8 Å². The van der Waals surface area contributed by atoms with E-state index in [9.17, 15) is 14.4 Å². The van der Waals surface area contributed by atoms with Crippen LogP contribution in [0.2, 0.25) is 0 Å². The lowest BCUT2D eigenvalue weighted by Crippen LogP contribution is -2.56. The molecule has 0 bridgehead atoms. The van der Waals surface area contributed by atoms with Crippen LogP contribution in [0.15, 0.2) is 0 Å². The molecular formula is C41H71N5O6. The van der Waals surface area contributed by atoms with E-state index in [0.717, 1.165) is 44.8 Å². The molecule has 0 aromatic carbocycles. The minimum absolute atomic E-state index is 0.114. The van der Waals surface area contributed by atoms with Crippen LogP contribution in [0.5, 0.6) is 0 Å². The van der Waals surface area contributed by atoms with E-state index in [4.69, 9.17) is 14.2 Å². The summed E-state index contributed by atoms with van der Waals surface area (Å²) in [5, 5.41) is 0. The lowest BCUT2D eigenvalue weighted by molar-refractivity contribution is 0.00441. The van der Waals surface area contributed by atoms with Gasteiger partial charge in [-0.1, -0.05) is 12.8 Å². The van der Waals surface area contributed by atoms with Crippen molar-refractivity contribution in [3.63, 3.8) is 0 Å². The summed E-state index contributed by atoms with van der Waals surface area (Å²) in [5.74, 6) is 2.11. The minimum Gasteiger partial charge on any atom is -0.453 e. The van der Waals surface area contributed by atoms with Crippen molar-refractivity contribution in [2.45, 2.75) is 159 Å². The number of piperidine rings is 3. The van der Waals surface area contributed by atoms with Crippen LogP contribution in [-0.4, -0.2) is 140 Å². The molecule has 3 amide bonds. The molecule has 5 heterocycles. The first kappa shape index (κ1) is 39.4. The van der Waals surface area contributed by atoms with Crippen LogP contribution in [0.3, 0.4) is 0 Å². The van der Waals surface area contributed by atoms with Crippen LogP contribution in [0.1, 0.15) is 128 Å². The number of likely N-dealkylation sites (tertiary alicyclic amines) is 5. The van der Waals surface area contributed by atoms with Gasteiger partial charge in [0.1, 0.15) is 0 Å². The molecule has 2 unspecified atom stereocenters. The number of ether oxygens (including phenoxy) is 3. The molecule has 8 rings (SSSR count). The van der Waals surface area contributed by atoms with Gasteiger partial charge in [-0.2, -0.15) is 0 Å². The number of amides is 3. The summed E-state index contributed by atoms with van der Waals surface area (Å²) >= 11 is 0. The molecule has 3 aliphatic carbocycles. The molecule has 0 aromatic heterocycles. The standard InChI is InChI=1S/2C15H26N2O2.C11H19NO2/c2*1-19-15(18)17-11-5-6-12-13(7-4-8-14(12)17)16-9-2-3-10-16;1-14-11(13)12-8-4-6-9-5-2-3-7-10(9)12/h2*12-14H,2-11H2,1H3;9-10H,2-8H2,1H3/t2*12-,13+,14+;/m10./s1. The fourth-order valence-corrected chi connectivity index (χ4v) is 12.0. The highest BCUT2D eigenvalue weighted by atomic mass is 16.5. The highest BCUT2D eigenvalue weighted by Crippen LogP contribution is 2.41. The lowest BCUT2D eigenvalue weighted by Gasteiger charge is -2.49. The number of hydrogen-bond donors (Lipinski definition) is 0. The molecule has 11 nitrogen and oxygen atoms in total. The normalized spacial score (nSPS) is 35.0. The number of carbonyl (C=O) groups is 3. The van der Waals surface area contributed by atoms with E-state index in [1.54, 1.807) is 0 Å². The van der Waals surface area contributed by atoms with E-state index < -0.39 is 0 Å².